The smallest absolute Gasteiger partial charge is 0.163 e. The quantitative estimate of drug-likeness (QED) is 0.571. The highest BCUT2D eigenvalue weighted by molar-refractivity contribution is 5.25. The van der Waals surface area contributed by atoms with Crippen molar-refractivity contribution in [1.82, 2.24) is 0 Å². The predicted molar refractivity (Wildman–Crippen MR) is 102 cm³/mol. The van der Waals surface area contributed by atoms with Gasteiger partial charge in [0.25, 0.3) is 0 Å². The van der Waals surface area contributed by atoms with Crippen LogP contribution >= 0.6 is 0 Å². The lowest BCUT2D eigenvalue weighted by Crippen LogP contribution is -2.58. The number of aliphatic hydroxyl groups excluding tert-OH is 1. The molecule has 1 aliphatic heterocycles. The first-order valence-corrected chi connectivity index (χ1v) is 11.2. The fourth-order valence-corrected chi connectivity index (χ4v) is 8.63. The molecule has 5 aliphatic rings. The maximum atomic E-state index is 9.88. The van der Waals surface area contributed by atoms with E-state index in [2.05, 4.69) is 13.8 Å². The molecule has 3 nitrogen and oxygen atoms in total. The summed E-state index contributed by atoms with van der Waals surface area (Å²) >= 11 is 0. The van der Waals surface area contributed by atoms with Gasteiger partial charge < -0.3 is 14.6 Å². The molecule has 0 bridgehead atoms. The minimum Gasteiger partial charge on any atom is -0.512 e. The fraction of sp³-hybridized carbons (Fsp3) is 0.913. The summed E-state index contributed by atoms with van der Waals surface area (Å²) < 4.78 is 12.4. The van der Waals surface area contributed by atoms with Crippen LogP contribution in [0.2, 0.25) is 0 Å². The molecule has 1 unspecified atom stereocenters. The fourth-order valence-electron chi connectivity index (χ4n) is 8.63. The van der Waals surface area contributed by atoms with Crippen LogP contribution in [0.15, 0.2) is 12.0 Å². The highest BCUT2D eigenvalue weighted by Gasteiger charge is 2.67. The Balaban J connectivity index is 1.49. The van der Waals surface area contributed by atoms with Crippen LogP contribution in [0.1, 0.15) is 78.1 Å². The summed E-state index contributed by atoms with van der Waals surface area (Å²) in [6, 6.07) is 0. The molecule has 146 valence electrons. The minimum atomic E-state index is -0.375. The Morgan fingerprint density at radius 2 is 1.77 bits per heavy atom. The summed E-state index contributed by atoms with van der Waals surface area (Å²) in [5.41, 5.74) is 0.318. The van der Waals surface area contributed by atoms with Crippen molar-refractivity contribution < 1.29 is 14.6 Å². The summed E-state index contributed by atoms with van der Waals surface area (Å²) in [6.45, 7) is 6.32. The molecule has 0 amide bonds. The highest BCUT2D eigenvalue weighted by Crippen LogP contribution is 2.70. The molecule has 5 fully saturated rings. The number of aliphatic hydroxyl groups is 1. The minimum absolute atomic E-state index is 0.112. The Hall–Kier alpha value is -0.700. The van der Waals surface area contributed by atoms with Crippen LogP contribution < -0.4 is 0 Å². The molecule has 5 rings (SSSR count). The Kier molecular flexibility index (Phi) is 3.95. The Bertz CT molecular complexity index is 600. The average molecular weight is 361 g/mol. The molecule has 1 N–H and O–H groups in total. The van der Waals surface area contributed by atoms with Gasteiger partial charge in [-0.2, -0.15) is 0 Å². The van der Waals surface area contributed by atoms with Crippen molar-refractivity contribution in [2.24, 2.45) is 34.5 Å². The third-order valence-electron chi connectivity index (χ3n) is 9.91. The van der Waals surface area contributed by atoms with E-state index in [1.165, 1.54) is 64.0 Å². The zero-order valence-corrected chi connectivity index (χ0v) is 16.6. The summed E-state index contributed by atoms with van der Waals surface area (Å²) in [4.78, 5) is 0. The van der Waals surface area contributed by atoms with Crippen molar-refractivity contribution in [3.8, 4) is 0 Å². The standard InChI is InChI=1S/C23H36O3/c1-21-10-4-3-5-16(21)6-7-17-18(21)8-11-22(2)19(17)9-12-23(22)20(15-24)25-13-14-26-23/h15-19,24H,3-14H2,1-2H3/t16?,17-,18+,19+,21+,22+,23+/m1/s1. The van der Waals surface area contributed by atoms with E-state index < -0.39 is 0 Å². The Morgan fingerprint density at radius 3 is 2.62 bits per heavy atom. The van der Waals surface area contributed by atoms with Gasteiger partial charge >= 0.3 is 0 Å². The molecule has 0 aromatic carbocycles. The molecule has 0 aromatic heterocycles. The zero-order valence-electron chi connectivity index (χ0n) is 16.6. The maximum Gasteiger partial charge on any atom is 0.163 e. The summed E-state index contributed by atoms with van der Waals surface area (Å²) in [5.74, 6) is 4.15. The second kappa shape index (κ2) is 5.90. The van der Waals surface area contributed by atoms with Gasteiger partial charge in [-0.25, -0.2) is 0 Å². The molecule has 0 aromatic rings. The van der Waals surface area contributed by atoms with Gasteiger partial charge in [-0.05, 0) is 80.5 Å². The molecule has 1 heterocycles. The Labute approximate surface area is 158 Å². The first-order chi connectivity index (χ1) is 12.6. The predicted octanol–water partition coefficient (Wildman–Crippen LogP) is 5.60. The van der Waals surface area contributed by atoms with Crippen LogP contribution in [-0.4, -0.2) is 23.9 Å². The molecule has 1 saturated heterocycles. The van der Waals surface area contributed by atoms with Crippen molar-refractivity contribution >= 4 is 0 Å². The molecule has 1 spiro atoms. The molecule has 3 heteroatoms. The molecular weight excluding hydrogens is 324 g/mol. The van der Waals surface area contributed by atoms with Crippen LogP contribution in [0.5, 0.6) is 0 Å². The largest absolute Gasteiger partial charge is 0.512 e. The van der Waals surface area contributed by atoms with Crippen LogP contribution in [0.3, 0.4) is 0 Å². The SMILES string of the molecule is C[C@]12CCCCC1CC[C@@H]1[C@@H]2CC[C@@]2(C)[C@H]1CC[C@@]21OCCOC1=CO. The van der Waals surface area contributed by atoms with E-state index in [9.17, 15) is 5.11 Å². The van der Waals surface area contributed by atoms with Crippen molar-refractivity contribution in [2.75, 3.05) is 13.2 Å². The van der Waals surface area contributed by atoms with Crippen LogP contribution in [0.4, 0.5) is 0 Å². The van der Waals surface area contributed by atoms with Crippen molar-refractivity contribution in [3.05, 3.63) is 12.0 Å². The third kappa shape index (κ3) is 2.04. The molecule has 4 aliphatic carbocycles. The van der Waals surface area contributed by atoms with E-state index in [0.29, 0.717) is 24.4 Å². The molecular formula is C23H36O3. The van der Waals surface area contributed by atoms with Crippen molar-refractivity contribution in [2.45, 2.75) is 83.7 Å². The number of fused-ring (bicyclic) bond motifs is 6. The van der Waals surface area contributed by atoms with Gasteiger partial charge in [0.1, 0.15) is 18.5 Å². The molecule has 7 atom stereocenters. The van der Waals surface area contributed by atoms with Crippen LogP contribution in [0.25, 0.3) is 0 Å². The first kappa shape index (κ1) is 17.4. The van der Waals surface area contributed by atoms with E-state index in [1.54, 1.807) is 0 Å². The van der Waals surface area contributed by atoms with Crippen LogP contribution in [-0.2, 0) is 9.47 Å². The highest BCUT2D eigenvalue weighted by atomic mass is 16.6. The zero-order chi connectivity index (χ0) is 18.0. The van der Waals surface area contributed by atoms with Gasteiger partial charge in [-0.1, -0.05) is 26.7 Å². The molecule has 4 saturated carbocycles. The Morgan fingerprint density at radius 1 is 0.923 bits per heavy atom. The summed E-state index contributed by atoms with van der Waals surface area (Å²) in [5, 5.41) is 9.88. The lowest BCUT2D eigenvalue weighted by Gasteiger charge is -2.62. The first-order valence-electron chi connectivity index (χ1n) is 11.2. The molecule has 0 radical (unpaired) electrons. The summed E-state index contributed by atoms with van der Waals surface area (Å²) in [7, 11) is 0. The van der Waals surface area contributed by atoms with Gasteiger partial charge in [0.15, 0.2) is 5.76 Å². The second-order valence-corrected chi connectivity index (χ2v) is 10.4. The number of hydrogen-bond donors (Lipinski definition) is 1. The van der Waals surface area contributed by atoms with E-state index in [1.807, 2.05) is 0 Å². The maximum absolute atomic E-state index is 9.88. The topological polar surface area (TPSA) is 38.7 Å². The van der Waals surface area contributed by atoms with Crippen molar-refractivity contribution in [3.63, 3.8) is 0 Å². The lowest BCUT2D eigenvalue weighted by molar-refractivity contribution is -0.198. The van der Waals surface area contributed by atoms with Gasteiger partial charge in [-0.3, -0.25) is 0 Å². The van der Waals surface area contributed by atoms with Crippen molar-refractivity contribution in [1.29, 1.82) is 0 Å². The lowest BCUT2D eigenvalue weighted by atomic mass is 9.44. The number of rotatable bonds is 0. The van der Waals surface area contributed by atoms with E-state index >= 15 is 0 Å². The third-order valence-corrected chi connectivity index (χ3v) is 9.91. The number of ether oxygens (including phenoxy) is 2. The van der Waals surface area contributed by atoms with Gasteiger partial charge in [-0.15, -0.1) is 0 Å². The molecule has 26 heavy (non-hydrogen) atoms. The van der Waals surface area contributed by atoms with Gasteiger partial charge in [0, 0.05) is 5.41 Å². The number of hydrogen-bond acceptors (Lipinski definition) is 3. The van der Waals surface area contributed by atoms with E-state index in [4.69, 9.17) is 9.47 Å². The van der Waals surface area contributed by atoms with Gasteiger partial charge in [0.05, 0.1) is 6.61 Å². The van der Waals surface area contributed by atoms with Crippen LogP contribution in [0, 0.1) is 34.5 Å². The monoisotopic (exact) mass is 360 g/mol. The average Bonchev–Trinajstić information content (AvgIpc) is 2.95. The van der Waals surface area contributed by atoms with E-state index in [-0.39, 0.29) is 11.0 Å². The second-order valence-electron chi connectivity index (χ2n) is 10.4. The summed E-state index contributed by atoms with van der Waals surface area (Å²) in [6.07, 6.45) is 14.7. The van der Waals surface area contributed by atoms with E-state index in [0.717, 1.165) is 30.1 Å². The normalized spacial score (nSPS) is 55.1. The van der Waals surface area contributed by atoms with Gasteiger partial charge in [0.2, 0.25) is 0 Å².